The fourth-order valence-corrected chi connectivity index (χ4v) is 4.54. The van der Waals surface area contributed by atoms with Crippen molar-refractivity contribution in [3.63, 3.8) is 0 Å². The van der Waals surface area contributed by atoms with Gasteiger partial charge in [0.05, 0.1) is 4.92 Å². The van der Waals surface area contributed by atoms with Crippen molar-refractivity contribution in [2.45, 2.75) is 12.8 Å². The van der Waals surface area contributed by atoms with E-state index in [1.165, 1.54) is 6.07 Å². The molecule has 132 valence electrons. The smallest absolute Gasteiger partial charge is 0.294 e. The highest BCUT2D eigenvalue weighted by atomic mass is 35.5. The van der Waals surface area contributed by atoms with Crippen LogP contribution in [0.1, 0.15) is 12.8 Å². The Labute approximate surface area is 151 Å². The third-order valence-electron chi connectivity index (χ3n) is 5.66. The molecule has 1 amide bonds. The number of allylic oxidation sites excluding steroid dienone is 2. The quantitative estimate of drug-likeness (QED) is 0.471. The van der Waals surface area contributed by atoms with E-state index in [1.54, 1.807) is 12.1 Å². The number of hydrogen-bond acceptors (Lipinski definition) is 4. The molecule has 1 aliphatic heterocycles. The van der Waals surface area contributed by atoms with Crippen molar-refractivity contribution in [2.24, 2.45) is 17.8 Å². The Kier molecular flexibility index (Phi) is 4.15. The molecular formula is C18H20ClN3O3. The van der Waals surface area contributed by atoms with E-state index in [1.807, 2.05) is 9.80 Å². The average Bonchev–Trinajstić information content (AvgIpc) is 3.24. The summed E-state index contributed by atoms with van der Waals surface area (Å²) >= 11 is 5.89. The Bertz CT molecular complexity index is 743. The van der Waals surface area contributed by atoms with Gasteiger partial charge in [-0.1, -0.05) is 23.8 Å². The Morgan fingerprint density at radius 1 is 1.16 bits per heavy atom. The van der Waals surface area contributed by atoms with Crippen molar-refractivity contribution < 1.29 is 9.72 Å². The SMILES string of the molecule is O=C([C@H]1C[C@H]2C=C[C@H]1C2)N1CCN(c2ccc(Cl)cc2[N+](=O)[O-])CC1. The van der Waals surface area contributed by atoms with Crippen molar-refractivity contribution in [3.05, 3.63) is 45.5 Å². The lowest BCUT2D eigenvalue weighted by molar-refractivity contribution is -0.384. The summed E-state index contributed by atoms with van der Waals surface area (Å²) in [7, 11) is 0. The molecule has 1 aromatic carbocycles. The molecule has 0 spiro atoms. The summed E-state index contributed by atoms with van der Waals surface area (Å²) in [5, 5.41) is 11.6. The van der Waals surface area contributed by atoms with E-state index < -0.39 is 4.92 Å². The second-order valence-electron chi connectivity index (χ2n) is 7.09. The number of carbonyl (C=O) groups excluding carboxylic acids is 1. The molecule has 3 atom stereocenters. The second-order valence-corrected chi connectivity index (χ2v) is 7.53. The lowest BCUT2D eigenvalue weighted by atomic mass is 9.92. The number of anilines is 1. The van der Waals surface area contributed by atoms with Crippen LogP contribution < -0.4 is 4.90 Å². The summed E-state index contributed by atoms with van der Waals surface area (Å²) in [6.07, 6.45) is 6.53. The lowest BCUT2D eigenvalue weighted by Crippen LogP contribution is -2.51. The van der Waals surface area contributed by atoms with Crippen molar-refractivity contribution in [3.8, 4) is 0 Å². The van der Waals surface area contributed by atoms with Gasteiger partial charge in [-0.3, -0.25) is 14.9 Å². The zero-order chi connectivity index (χ0) is 17.6. The van der Waals surface area contributed by atoms with Crippen molar-refractivity contribution in [1.29, 1.82) is 0 Å². The minimum Gasteiger partial charge on any atom is -0.362 e. The van der Waals surface area contributed by atoms with E-state index in [9.17, 15) is 14.9 Å². The first-order chi connectivity index (χ1) is 12.0. The number of rotatable bonds is 3. The predicted molar refractivity (Wildman–Crippen MR) is 95.7 cm³/mol. The molecule has 0 radical (unpaired) electrons. The molecule has 0 aromatic heterocycles. The number of nitro benzene ring substituents is 1. The van der Waals surface area contributed by atoms with Crippen LogP contribution in [0.3, 0.4) is 0 Å². The summed E-state index contributed by atoms with van der Waals surface area (Å²) in [5.74, 6) is 1.37. The Hall–Kier alpha value is -2.08. The van der Waals surface area contributed by atoms with Crippen LogP contribution >= 0.6 is 11.6 Å². The number of hydrogen-bond donors (Lipinski definition) is 0. The Balaban J connectivity index is 1.43. The summed E-state index contributed by atoms with van der Waals surface area (Å²) in [5.41, 5.74) is 0.592. The zero-order valence-electron chi connectivity index (χ0n) is 13.8. The molecule has 25 heavy (non-hydrogen) atoms. The number of benzene rings is 1. The van der Waals surface area contributed by atoms with Crippen molar-refractivity contribution in [1.82, 2.24) is 4.90 Å². The van der Waals surface area contributed by atoms with Gasteiger partial charge in [-0.25, -0.2) is 0 Å². The van der Waals surface area contributed by atoms with E-state index in [2.05, 4.69) is 12.2 Å². The second kappa shape index (κ2) is 6.33. The number of piperazine rings is 1. The van der Waals surface area contributed by atoms with Gasteiger partial charge in [0.1, 0.15) is 5.69 Å². The van der Waals surface area contributed by atoms with Gasteiger partial charge < -0.3 is 9.80 Å². The largest absolute Gasteiger partial charge is 0.362 e. The van der Waals surface area contributed by atoms with Crippen LogP contribution in [0.2, 0.25) is 5.02 Å². The van der Waals surface area contributed by atoms with Gasteiger partial charge >= 0.3 is 0 Å². The predicted octanol–water partition coefficient (Wildman–Crippen LogP) is 3.11. The Morgan fingerprint density at radius 3 is 2.52 bits per heavy atom. The molecule has 1 saturated heterocycles. The van der Waals surface area contributed by atoms with Crippen LogP contribution in [-0.4, -0.2) is 41.9 Å². The van der Waals surface area contributed by atoms with Crippen LogP contribution in [0.25, 0.3) is 0 Å². The van der Waals surface area contributed by atoms with Crippen LogP contribution in [0.5, 0.6) is 0 Å². The van der Waals surface area contributed by atoms with E-state index in [-0.39, 0.29) is 17.5 Å². The normalized spacial score (nSPS) is 27.8. The molecule has 2 aliphatic carbocycles. The number of amides is 1. The van der Waals surface area contributed by atoms with Crippen LogP contribution in [-0.2, 0) is 4.79 Å². The highest BCUT2D eigenvalue weighted by Crippen LogP contribution is 2.44. The third kappa shape index (κ3) is 2.99. The summed E-state index contributed by atoms with van der Waals surface area (Å²) in [6.45, 7) is 2.42. The molecule has 2 bridgehead atoms. The minimum absolute atomic E-state index is 0.0190. The molecule has 0 N–H and O–H groups in total. The van der Waals surface area contributed by atoms with Crippen molar-refractivity contribution >= 4 is 28.9 Å². The van der Waals surface area contributed by atoms with E-state index in [0.717, 1.165) is 12.8 Å². The molecule has 0 unspecified atom stereocenters. The maximum Gasteiger partial charge on any atom is 0.294 e. The average molecular weight is 362 g/mol. The standard InChI is InChI=1S/C18H20ClN3O3/c19-14-3-4-16(17(11-14)22(24)25)20-5-7-21(8-6-20)18(23)15-10-12-1-2-13(15)9-12/h1-4,11-13,15H,5-10H2/t12-,13-,15-/m0/s1. The molecule has 1 aromatic rings. The number of fused-ring (bicyclic) bond motifs is 2. The van der Waals surface area contributed by atoms with Gasteiger partial charge in [-0.15, -0.1) is 0 Å². The summed E-state index contributed by atoms with van der Waals surface area (Å²) in [4.78, 5) is 27.6. The van der Waals surface area contributed by atoms with Gasteiger partial charge in [-0.05, 0) is 36.8 Å². The molecule has 2 fully saturated rings. The number of carbonyl (C=O) groups is 1. The fraction of sp³-hybridized carbons (Fsp3) is 0.500. The van der Waals surface area contributed by atoms with Gasteiger partial charge in [0, 0.05) is 43.2 Å². The molecule has 3 aliphatic rings. The summed E-state index contributed by atoms with van der Waals surface area (Å²) < 4.78 is 0. The minimum atomic E-state index is -0.402. The first-order valence-corrected chi connectivity index (χ1v) is 9.06. The van der Waals surface area contributed by atoms with Crippen LogP contribution in [0.4, 0.5) is 11.4 Å². The maximum atomic E-state index is 12.8. The number of halogens is 1. The van der Waals surface area contributed by atoms with Gasteiger partial charge in [0.2, 0.25) is 5.91 Å². The van der Waals surface area contributed by atoms with Crippen LogP contribution in [0.15, 0.2) is 30.4 Å². The monoisotopic (exact) mass is 361 g/mol. The van der Waals surface area contributed by atoms with Crippen LogP contribution in [0, 0.1) is 27.9 Å². The van der Waals surface area contributed by atoms with Gasteiger partial charge in [-0.2, -0.15) is 0 Å². The Morgan fingerprint density at radius 2 is 1.92 bits per heavy atom. The zero-order valence-corrected chi connectivity index (χ0v) is 14.6. The van der Waals surface area contributed by atoms with E-state index in [4.69, 9.17) is 11.6 Å². The molecule has 1 heterocycles. The first-order valence-electron chi connectivity index (χ1n) is 8.69. The first kappa shape index (κ1) is 16.4. The van der Waals surface area contributed by atoms with Gasteiger partial charge in [0.15, 0.2) is 0 Å². The highest BCUT2D eigenvalue weighted by molar-refractivity contribution is 6.30. The van der Waals surface area contributed by atoms with Gasteiger partial charge in [0.25, 0.3) is 5.69 Å². The maximum absolute atomic E-state index is 12.8. The topological polar surface area (TPSA) is 66.7 Å². The molecule has 6 nitrogen and oxygen atoms in total. The highest BCUT2D eigenvalue weighted by Gasteiger charge is 2.42. The fourth-order valence-electron chi connectivity index (χ4n) is 4.38. The lowest BCUT2D eigenvalue weighted by Gasteiger charge is -2.37. The molecule has 7 heteroatoms. The molecule has 1 saturated carbocycles. The van der Waals surface area contributed by atoms with E-state index >= 15 is 0 Å². The molecular weight excluding hydrogens is 342 g/mol. The summed E-state index contributed by atoms with van der Waals surface area (Å²) in [6, 6.07) is 4.75. The number of nitrogens with zero attached hydrogens (tertiary/aromatic N) is 3. The number of nitro groups is 1. The molecule has 4 rings (SSSR count). The van der Waals surface area contributed by atoms with E-state index in [0.29, 0.717) is 48.7 Å². The third-order valence-corrected chi connectivity index (χ3v) is 5.90. The van der Waals surface area contributed by atoms with Crippen molar-refractivity contribution in [2.75, 3.05) is 31.1 Å².